The van der Waals surface area contributed by atoms with E-state index in [0.29, 0.717) is 32.1 Å². The van der Waals surface area contributed by atoms with Gasteiger partial charge in [0, 0.05) is 31.7 Å². The minimum Gasteiger partial charge on any atom is -0.497 e. The first-order valence-electron chi connectivity index (χ1n) is 9.23. The van der Waals surface area contributed by atoms with Gasteiger partial charge in [-0.25, -0.2) is 17.5 Å². The lowest BCUT2D eigenvalue weighted by Crippen LogP contribution is -2.43. The third kappa shape index (κ3) is 5.24. The van der Waals surface area contributed by atoms with Gasteiger partial charge in [0.2, 0.25) is 10.0 Å². The molecule has 1 atom stereocenters. The fourth-order valence-corrected chi connectivity index (χ4v) is 4.51. The van der Waals surface area contributed by atoms with Crippen LogP contribution in [0.3, 0.4) is 0 Å². The van der Waals surface area contributed by atoms with Gasteiger partial charge in [0.05, 0.1) is 27.4 Å². The third-order valence-electron chi connectivity index (χ3n) is 4.87. The quantitative estimate of drug-likeness (QED) is 0.700. The van der Waals surface area contributed by atoms with Gasteiger partial charge in [0.15, 0.2) is 0 Å². The number of morpholine rings is 1. The molecule has 1 fully saturated rings. The number of hydrogen-bond donors (Lipinski definition) is 1. The molecule has 9 heteroatoms. The number of sulfonamides is 1. The van der Waals surface area contributed by atoms with Crippen LogP contribution in [0.4, 0.5) is 4.39 Å². The number of nitrogens with one attached hydrogen (secondary N) is 1. The Bertz CT molecular complexity index is 915. The van der Waals surface area contributed by atoms with Crippen molar-refractivity contribution in [1.82, 2.24) is 9.62 Å². The molecule has 1 aliphatic rings. The zero-order valence-electron chi connectivity index (χ0n) is 16.4. The summed E-state index contributed by atoms with van der Waals surface area (Å²) < 4.78 is 57.8. The fraction of sp³-hybridized carbons (Fsp3) is 0.400. The number of halogens is 1. The van der Waals surface area contributed by atoms with Crippen LogP contribution in [-0.4, -0.2) is 60.4 Å². The number of benzene rings is 2. The lowest BCUT2D eigenvalue weighted by atomic mass is 10.0. The van der Waals surface area contributed by atoms with Crippen molar-refractivity contribution in [1.29, 1.82) is 0 Å². The summed E-state index contributed by atoms with van der Waals surface area (Å²) in [5.41, 5.74) is 0.827. The van der Waals surface area contributed by atoms with E-state index in [1.165, 1.54) is 32.4 Å². The van der Waals surface area contributed by atoms with Crippen LogP contribution < -0.4 is 14.2 Å². The Balaban J connectivity index is 1.85. The molecule has 0 aliphatic carbocycles. The maximum atomic E-state index is 13.4. The van der Waals surface area contributed by atoms with Gasteiger partial charge in [0.1, 0.15) is 22.2 Å². The molecule has 1 heterocycles. The topological polar surface area (TPSA) is 77.1 Å². The van der Waals surface area contributed by atoms with Gasteiger partial charge in [-0.15, -0.1) is 0 Å². The Morgan fingerprint density at radius 1 is 1.10 bits per heavy atom. The lowest BCUT2D eigenvalue weighted by Gasteiger charge is -2.35. The second-order valence-corrected chi connectivity index (χ2v) is 8.32. The monoisotopic (exact) mass is 424 g/mol. The summed E-state index contributed by atoms with van der Waals surface area (Å²) >= 11 is 0. The van der Waals surface area contributed by atoms with Crippen molar-refractivity contribution in [3.8, 4) is 11.5 Å². The molecule has 0 radical (unpaired) electrons. The predicted octanol–water partition coefficient (Wildman–Crippen LogP) is 2.19. The molecular formula is C20H25FN2O5S. The van der Waals surface area contributed by atoms with Crippen molar-refractivity contribution < 1.29 is 27.0 Å². The van der Waals surface area contributed by atoms with Gasteiger partial charge >= 0.3 is 0 Å². The van der Waals surface area contributed by atoms with Crippen molar-refractivity contribution in [2.45, 2.75) is 10.9 Å². The van der Waals surface area contributed by atoms with Gasteiger partial charge in [-0.2, -0.15) is 0 Å². The van der Waals surface area contributed by atoms with E-state index < -0.39 is 10.0 Å². The average molecular weight is 424 g/mol. The molecule has 3 rings (SSSR count). The van der Waals surface area contributed by atoms with E-state index in [1.807, 2.05) is 0 Å². The van der Waals surface area contributed by atoms with Crippen molar-refractivity contribution in [2.24, 2.45) is 0 Å². The molecule has 0 spiro atoms. The van der Waals surface area contributed by atoms with E-state index in [1.54, 1.807) is 24.3 Å². The Labute approximate surface area is 170 Å². The molecule has 2 aromatic carbocycles. The molecule has 2 aromatic rings. The molecule has 1 saturated heterocycles. The molecular weight excluding hydrogens is 399 g/mol. The van der Waals surface area contributed by atoms with Crippen LogP contribution >= 0.6 is 0 Å². The minimum atomic E-state index is -3.87. The zero-order chi connectivity index (χ0) is 20.9. The first-order valence-corrected chi connectivity index (χ1v) is 10.7. The summed E-state index contributed by atoms with van der Waals surface area (Å²) in [6.45, 7) is 2.56. The molecule has 7 nitrogen and oxygen atoms in total. The molecule has 1 aliphatic heterocycles. The number of ether oxygens (including phenoxy) is 3. The van der Waals surface area contributed by atoms with Crippen LogP contribution in [0.5, 0.6) is 11.5 Å². The summed E-state index contributed by atoms with van der Waals surface area (Å²) in [5.74, 6) is 0.300. The number of nitrogens with zero attached hydrogens (tertiary/aromatic N) is 1. The normalized spacial score (nSPS) is 16.4. The van der Waals surface area contributed by atoms with Gasteiger partial charge in [-0.1, -0.05) is 12.1 Å². The minimum absolute atomic E-state index is 0.000756. The SMILES string of the molecule is COc1ccc(OC)c(S(=O)(=O)NC[C@H](c2ccc(F)cc2)N2CCOCC2)c1. The van der Waals surface area contributed by atoms with Gasteiger partial charge in [-0.05, 0) is 29.8 Å². The predicted molar refractivity (Wildman–Crippen MR) is 106 cm³/mol. The first kappa shape index (κ1) is 21.5. The number of hydrogen-bond acceptors (Lipinski definition) is 6. The van der Waals surface area contributed by atoms with Crippen LogP contribution in [-0.2, 0) is 14.8 Å². The van der Waals surface area contributed by atoms with Crippen LogP contribution in [0.2, 0.25) is 0 Å². The van der Waals surface area contributed by atoms with E-state index in [2.05, 4.69) is 9.62 Å². The van der Waals surface area contributed by atoms with Crippen LogP contribution in [0, 0.1) is 5.82 Å². The molecule has 0 saturated carbocycles. The second-order valence-electron chi connectivity index (χ2n) is 6.58. The maximum absolute atomic E-state index is 13.4. The van der Waals surface area contributed by atoms with Gasteiger partial charge in [0.25, 0.3) is 0 Å². The van der Waals surface area contributed by atoms with Crippen molar-refractivity contribution in [3.05, 3.63) is 53.8 Å². The van der Waals surface area contributed by atoms with Crippen LogP contribution in [0.1, 0.15) is 11.6 Å². The summed E-state index contributed by atoms with van der Waals surface area (Å²) in [6.07, 6.45) is 0. The van der Waals surface area contributed by atoms with E-state index in [4.69, 9.17) is 14.2 Å². The van der Waals surface area contributed by atoms with E-state index in [9.17, 15) is 12.8 Å². The summed E-state index contributed by atoms with van der Waals surface area (Å²) in [5, 5.41) is 0. The molecule has 0 unspecified atom stereocenters. The Hall–Kier alpha value is -2.20. The standard InChI is InChI=1S/C20H25FN2O5S/c1-26-17-7-8-19(27-2)20(13-17)29(24,25)22-14-18(23-9-11-28-12-10-23)15-3-5-16(21)6-4-15/h3-8,13,18,22H,9-12,14H2,1-2H3/t18-/m1/s1. The highest BCUT2D eigenvalue weighted by molar-refractivity contribution is 7.89. The van der Waals surface area contributed by atoms with Crippen molar-refractivity contribution in [3.63, 3.8) is 0 Å². The highest BCUT2D eigenvalue weighted by Crippen LogP contribution is 2.29. The second kappa shape index (κ2) is 9.53. The molecule has 158 valence electrons. The molecule has 29 heavy (non-hydrogen) atoms. The summed E-state index contributed by atoms with van der Waals surface area (Å²) in [7, 11) is -0.993. The number of methoxy groups -OCH3 is 2. The highest BCUT2D eigenvalue weighted by Gasteiger charge is 2.27. The van der Waals surface area contributed by atoms with Crippen LogP contribution in [0.15, 0.2) is 47.4 Å². The van der Waals surface area contributed by atoms with Crippen LogP contribution in [0.25, 0.3) is 0 Å². The Morgan fingerprint density at radius 2 is 1.79 bits per heavy atom. The van der Waals surface area contributed by atoms with Gasteiger partial charge in [-0.3, -0.25) is 4.90 Å². The first-order chi connectivity index (χ1) is 13.9. The van der Waals surface area contributed by atoms with E-state index in [-0.39, 0.29) is 29.0 Å². The molecule has 0 amide bonds. The largest absolute Gasteiger partial charge is 0.497 e. The third-order valence-corrected chi connectivity index (χ3v) is 6.31. The van der Waals surface area contributed by atoms with E-state index in [0.717, 1.165) is 5.56 Å². The average Bonchev–Trinajstić information content (AvgIpc) is 2.75. The number of rotatable bonds is 8. The van der Waals surface area contributed by atoms with Gasteiger partial charge < -0.3 is 14.2 Å². The molecule has 0 aromatic heterocycles. The lowest BCUT2D eigenvalue weighted by molar-refractivity contribution is 0.0172. The fourth-order valence-electron chi connectivity index (χ4n) is 3.29. The Morgan fingerprint density at radius 3 is 2.41 bits per heavy atom. The maximum Gasteiger partial charge on any atom is 0.244 e. The summed E-state index contributed by atoms with van der Waals surface area (Å²) in [4.78, 5) is 2.13. The van der Waals surface area contributed by atoms with Crippen molar-refractivity contribution >= 4 is 10.0 Å². The van der Waals surface area contributed by atoms with E-state index >= 15 is 0 Å². The van der Waals surface area contributed by atoms with Crippen molar-refractivity contribution in [2.75, 3.05) is 47.1 Å². The smallest absolute Gasteiger partial charge is 0.244 e. The Kier molecular flexibility index (Phi) is 7.07. The molecule has 0 bridgehead atoms. The summed E-state index contributed by atoms with van der Waals surface area (Å²) in [6, 6.07) is 10.4. The molecule has 1 N–H and O–H groups in total. The zero-order valence-corrected chi connectivity index (χ0v) is 17.2. The highest BCUT2D eigenvalue weighted by atomic mass is 32.2.